The van der Waals surface area contributed by atoms with E-state index in [0.29, 0.717) is 11.4 Å². The number of nitrogens with zero attached hydrogens (tertiary/aromatic N) is 3. The molecule has 1 N–H and O–H groups in total. The van der Waals surface area contributed by atoms with Crippen molar-refractivity contribution in [2.75, 3.05) is 5.32 Å². The zero-order valence-corrected chi connectivity index (χ0v) is 11.0. The summed E-state index contributed by atoms with van der Waals surface area (Å²) in [4.78, 5) is 18.6. The molecule has 0 aliphatic carbocycles. The first-order valence-electron chi connectivity index (χ1n) is 5.97. The Bertz CT molecular complexity index is 648. The smallest absolute Gasteiger partial charge is 0.295 e. The molecule has 0 aliphatic rings. The van der Waals surface area contributed by atoms with Gasteiger partial charge in [-0.3, -0.25) is 20.1 Å². The molecule has 0 amide bonds. The fourth-order valence-corrected chi connectivity index (χ4v) is 1.94. The summed E-state index contributed by atoms with van der Waals surface area (Å²) in [6, 6.07) is 3.32. The fourth-order valence-electron chi connectivity index (χ4n) is 1.94. The second-order valence-corrected chi connectivity index (χ2v) is 4.28. The molecular formula is C13H13FN4O2. The van der Waals surface area contributed by atoms with Crippen molar-refractivity contribution in [1.29, 1.82) is 0 Å². The Hall–Kier alpha value is -2.57. The summed E-state index contributed by atoms with van der Waals surface area (Å²) < 4.78 is 13.8. The van der Waals surface area contributed by atoms with Gasteiger partial charge >= 0.3 is 0 Å². The molecule has 0 radical (unpaired) electrons. The Morgan fingerprint density at radius 1 is 1.35 bits per heavy atom. The van der Waals surface area contributed by atoms with E-state index in [-0.39, 0.29) is 11.4 Å². The zero-order chi connectivity index (χ0) is 14.7. The first-order chi connectivity index (χ1) is 9.50. The van der Waals surface area contributed by atoms with E-state index in [0.717, 1.165) is 0 Å². The standard InChI is InChI=1S/C13H13FN4O2/c1-8-12(16-7-6-15-8)9(2)17-13-10(14)4-3-5-11(13)18(19)20/h3-7,9,17H,1-2H3. The third-order valence-corrected chi connectivity index (χ3v) is 2.88. The molecule has 1 atom stereocenters. The van der Waals surface area contributed by atoms with Gasteiger partial charge in [-0.25, -0.2) is 4.39 Å². The molecule has 104 valence electrons. The monoisotopic (exact) mass is 276 g/mol. The molecule has 0 spiro atoms. The summed E-state index contributed by atoms with van der Waals surface area (Å²) in [6.45, 7) is 3.52. The lowest BCUT2D eigenvalue weighted by Crippen LogP contribution is -2.13. The number of aryl methyl sites for hydroxylation is 1. The van der Waals surface area contributed by atoms with E-state index in [1.54, 1.807) is 20.0 Å². The van der Waals surface area contributed by atoms with Crippen LogP contribution >= 0.6 is 0 Å². The van der Waals surface area contributed by atoms with E-state index in [1.165, 1.54) is 24.4 Å². The van der Waals surface area contributed by atoms with Gasteiger partial charge in [-0.15, -0.1) is 0 Å². The molecule has 0 bridgehead atoms. The van der Waals surface area contributed by atoms with Crippen molar-refractivity contribution < 1.29 is 9.31 Å². The lowest BCUT2D eigenvalue weighted by atomic mass is 10.1. The average molecular weight is 276 g/mol. The van der Waals surface area contributed by atoms with Crippen LogP contribution in [0.15, 0.2) is 30.6 Å². The number of nitro groups is 1. The Balaban J connectivity index is 2.35. The van der Waals surface area contributed by atoms with Crippen LogP contribution in [0.25, 0.3) is 0 Å². The van der Waals surface area contributed by atoms with E-state index in [9.17, 15) is 14.5 Å². The molecule has 0 fully saturated rings. The van der Waals surface area contributed by atoms with Crippen LogP contribution in [0.1, 0.15) is 24.4 Å². The minimum Gasteiger partial charge on any atom is -0.369 e. The Morgan fingerprint density at radius 3 is 2.70 bits per heavy atom. The van der Waals surface area contributed by atoms with Gasteiger partial charge in [0.2, 0.25) is 0 Å². The Morgan fingerprint density at radius 2 is 2.05 bits per heavy atom. The van der Waals surface area contributed by atoms with Gasteiger partial charge < -0.3 is 5.32 Å². The molecule has 1 heterocycles. The molecule has 0 saturated carbocycles. The van der Waals surface area contributed by atoms with Crippen molar-refractivity contribution in [3.8, 4) is 0 Å². The second-order valence-electron chi connectivity index (χ2n) is 4.28. The van der Waals surface area contributed by atoms with E-state index in [2.05, 4.69) is 15.3 Å². The predicted molar refractivity (Wildman–Crippen MR) is 71.9 cm³/mol. The number of anilines is 1. The third kappa shape index (κ3) is 2.71. The average Bonchev–Trinajstić information content (AvgIpc) is 2.41. The number of rotatable bonds is 4. The maximum atomic E-state index is 13.8. The minimum atomic E-state index is -0.674. The Kier molecular flexibility index (Phi) is 3.88. The van der Waals surface area contributed by atoms with Gasteiger partial charge in [0.05, 0.1) is 22.4 Å². The van der Waals surface area contributed by atoms with Crippen molar-refractivity contribution in [1.82, 2.24) is 9.97 Å². The highest BCUT2D eigenvalue weighted by atomic mass is 19.1. The molecule has 2 aromatic rings. The summed E-state index contributed by atoms with van der Waals surface area (Å²) in [5.41, 5.74) is 0.852. The molecule has 2 rings (SSSR count). The van der Waals surface area contributed by atoms with Crippen molar-refractivity contribution in [2.45, 2.75) is 19.9 Å². The SMILES string of the molecule is Cc1nccnc1C(C)Nc1c(F)cccc1[N+](=O)[O-]. The van der Waals surface area contributed by atoms with Gasteiger partial charge in [0, 0.05) is 18.5 Å². The largest absolute Gasteiger partial charge is 0.369 e. The van der Waals surface area contributed by atoms with Gasteiger partial charge in [-0.2, -0.15) is 0 Å². The molecule has 0 saturated heterocycles. The van der Waals surface area contributed by atoms with Crippen LogP contribution in [0.3, 0.4) is 0 Å². The molecule has 1 aromatic heterocycles. The number of nitro benzene ring substituents is 1. The Labute approximate surface area is 114 Å². The van der Waals surface area contributed by atoms with Crippen LogP contribution in [0.2, 0.25) is 0 Å². The number of nitrogens with one attached hydrogen (secondary N) is 1. The van der Waals surface area contributed by atoms with E-state index < -0.39 is 16.8 Å². The highest BCUT2D eigenvalue weighted by Crippen LogP contribution is 2.30. The highest BCUT2D eigenvalue weighted by molar-refractivity contribution is 5.62. The van der Waals surface area contributed by atoms with Crippen LogP contribution < -0.4 is 5.32 Å². The number of benzene rings is 1. The van der Waals surface area contributed by atoms with Crippen molar-refractivity contribution in [2.24, 2.45) is 0 Å². The number of halogens is 1. The number of hydrogen-bond acceptors (Lipinski definition) is 5. The van der Waals surface area contributed by atoms with E-state index in [4.69, 9.17) is 0 Å². The predicted octanol–water partition coefficient (Wildman–Crippen LogP) is 3.01. The zero-order valence-electron chi connectivity index (χ0n) is 11.0. The maximum Gasteiger partial charge on any atom is 0.295 e. The van der Waals surface area contributed by atoms with Gasteiger partial charge in [0.1, 0.15) is 5.69 Å². The molecule has 20 heavy (non-hydrogen) atoms. The summed E-state index contributed by atoms with van der Waals surface area (Å²) in [5.74, 6) is -0.674. The first kappa shape index (κ1) is 13.9. The second kappa shape index (κ2) is 5.60. The molecule has 6 nitrogen and oxygen atoms in total. The summed E-state index contributed by atoms with van der Waals surface area (Å²) >= 11 is 0. The van der Waals surface area contributed by atoms with Gasteiger partial charge in [0.25, 0.3) is 5.69 Å². The minimum absolute atomic E-state index is 0.143. The number of hydrogen-bond donors (Lipinski definition) is 1. The van der Waals surface area contributed by atoms with Gasteiger partial charge in [-0.1, -0.05) is 6.07 Å². The van der Waals surface area contributed by atoms with Gasteiger partial charge in [-0.05, 0) is 19.9 Å². The van der Waals surface area contributed by atoms with Crippen molar-refractivity contribution >= 4 is 11.4 Å². The molecule has 0 aliphatic heterocycles. The molecule has 1 aromatic carbocycles. The highest BCUT2D eigenvalue weighted by Gasteiger charge is 2.21. The van der Waals surface area contributed by atoms with E-state index in [1.807, 2.05) is 0 Å². The van der Waals surface area contributed by atoms with Gasteiger partial charge in [0.15, 0.2) is 5.82 Å². The lowest BCUT2D eigenvalue weighted by Gasteiger charge is -2.16. The quantitative estimate of drug-likeness (QED) is 0.685. The first-order valence-corrected chi connectivity index (χ1v) is 5.97. The van der Waals surface area contributed by atoms with Crippen LogP contribution in [0.5, 0.6) is 0 Å². The van der Waals surface area contributed by atoms with Crippen LogP contribution in [-0.2, 0) is 0 Å². The third-order valence-electron chi connectivity index (χ3n) is 2.88. The number of aromatic nitrogens is 2. The van der Waals surface area contributed by atoms with Crippen LogP contribution in [0.4, 0.5) is 15.8 Å². The maximum absolute atomic E-state index is 13.8. The van der Waals surface area contributed by atoms with Crippen LogP contribution in [-0.4, -0.2) is 14.9 Å². The summed E-state index contributed by atoms with van der Waals surface area (Å²) in [6.07, 6.45) is 3.08. The summed E-state index contributed by atoms with van der Waals surface area (Å²) in [7, 11) is 0. The topological polar surface area (TPSA) is 81.0 Å². The number of para-hydroxylation sites is 1. The summed E-state index contributed by atoms with van der Waals surface area (Å²) in [5, 5.41) is 13.7. The van der Waals surface area contributed by atoms with Crippen molar-refractivity contribution in [3.05, 3.63) is 57.9 Å². The molecule has 7 heteroatoms. The lowest BCUT2D eigenvalue weighted by molar-refractivity contribution is -0.384. The van der Waals surface area contributed by atoms with E-state index >= 15 is 0 Å². The van der Waals surface area contributed by atoms with Crippen LogP contribution in [0, 0.1) is 22.9 Å². The normalized spacial score (nSPS) is 11.9. The molecule has 1 unspecified atom stereocenters. The van der Waals surface area contributed by atoms with Crippen molar-refractivity contribution in [3.63, 3.8) is 0 Å². The fraction of sp³-hybridized carbons (Fsp3) is 0.231. The molecular weight excluding hydrogens is 263 g/mol.